The minimum Gasteiger partial charge on any atom is -0.448 e. The molecule has 5 rings (SSSR count). The van der Waals surface area contributed by atoms with Crippen LogP contribution >= 0.6 is 15.9 Å². The Balaban J connectivity index is 1.42. The molecule has 0 spiro atoms. The third kappa shape index (κ3) is 7.52. The van der Waals surface area contributed by atoms with Crippen LogP contribution in [0.2, 0.25) is 0 Å². The molecular formula is C36H41BrN4O5. The second-order valence-electron chi connectivity index (χ2n) is 12.5. The Morgan fingerprint density at radius 1 is 1.09 bits per heavy atom. The minimum absolute atomic E-state index is 0.160. The van der Waals surface area contributed by atoms with Crippen molar-refractivity contribution in [1.29, 1.82) is 0 Å². The zero-order chi connectivity index (χ0) is 33.0. The highest BCUT2D eigenvalue weighted by Gasteiger charge is 2.33. The fraction of sp³-hybridized carbons (Fsp3) is 0.361. The minimum atomic E-state index is -0.686. The molecule has 10 heteroatoms. The number of carbonyl (C=O) groups excluding carboxylic acids is 3. The molecule has 242 valence electrons. The largest absolute Gasteiger partial charge is 0.448 e. The van der Waals surface area contributed by atoms with Crippen LogP contribution in [0, 0.1) is 0 Å². The Kier molecular flexibility index (Phi) is 10.3. The van der Waals surface area contributed by atoms with E-state index >= 15 is 0 Å². The molecule has 0 aliphatic carbocycles. The lowest BCUT2D eigenvalue weighted by molar-refractivity contribution is -0.128. The highest BCUT2D eigenvalue weighted by Crippen LogP contribution is 2.39. The SMILES string of the molecule is CCNC(=O)c1ccccc1-c1oc(Br)c2cc(CN3C(=O)C(NC(=O)CC(C)(C)NC[C@@H](C)O)CCc4ccccc43)ccc12. The molecule has 3 amide bonds. The number of benzene rings is 3. The zero-order valence-corrected chi connectivity index (χ0v) is 28.2. The van der Waals surface area contributed by atoms with E-state index in [4.69, 9.17) is 4.42 Å². The monoisotopic (exact) mass is 688 g/mol. The third-order valence-electron chi connectivity index (χ3n) is 8.19. The summed E-state index contributed by atoms with van der Waals surface area (Å²) in [7, 11) is 0. The van der Waals surface area contributed by atoms with Gasteiger partial charge >= 0.3 is 0 Å². The molecule has 1 aliphatic heterocycles. The fourth-order valence-electron chi connectivity index (χ4n) is 5.91. The molecule has 1 aliphatic rings. The normalized spacial score (nSPS) is 15.7. The fourth-order valence-corrected chi connectivity index (χ4v) is 6.40. The summed E-state index contributed by atoms with van der Waals surface area (Å²) in [5.74, 6) is 0.0163. The van der Waals surface area contributed by atoms with Gasteiger partial charge in [-0.1, -0.05) is 48.5 Å². The number of β-amino-alcohol motifs (C(OH)–C–C–N with tert-alkyl or cyclic N) is 1. The van der Waals surface area contributed by atoms with Crippen LogP contribution in [-0.2, 0) is 22.6 Å². The van der Waals surface area contributed by atoms with Crippen molar-refractivity contribution in [3.05, 3.63) is 88.1 Å². The number of carbonyl (C=O) groups is 3. The number of furan rings is 1. The zero-order valence-electron chi connectivity index (χ0n) is 26.7. The summed E-state index contributed by atoms with van der Waals surface area (Å²) in [6.07, 6.45) is 0.760. The summed E-state index contributed by atoms with van der Waals surface area (Å²) in [5.41, 5.74) is 3.42. The number of aliphatic hydroxyl groups is 1. The van der Waals surface area contributed by atoms with Crippen LogP contribution in [0.5, 0.6) is 0 Å². The maximum absolute atomic E-state index is 14.1. The maximum atomic E-state index is 14.1. The molecule has 4 N–H and O–H groups in total. The van der Waals surface area contributed by atoms with Crippen molar-refractivity contribution in [1.82, 2.24) is 16.0 Å². The number of halogens is 1. The number of amides is 3. The summed E-state index contributed by atoms with van der Waals surface area (Å²) >= 11 is 3.58. The first kappa shape index (κ1) is 33.4. The number of anilines is 1. The lowest BCUT2D eigenvalue weighted by Gasteiger charge is -2.29. The van der Waals surface area contributed by atoms with Gasteiger partial charge in [-0.3, -0.25) is 14.4 Å². The van der Waals surface area contributed by atoms with Crippen LogP contribution in [0.3, 0.4) is 0 Å². The van der Waals surface area contributed by atoms with Gasteiger partial charge < -0.3 is 30.4 Å². The Bertz CT molecular complexity index is 1750. The van der Waals surface area contributed by atoms with Gasteiger partial charge in [0.15, 0.2) is 4.67 Å². The van der Waals surface area contributed by atoms with Gasteiger partial charge in [0.25, 0.3) is 5.91 Å². The molecule has 9 nitrogen and oxygen atoms in total. The summed E-state index contributed by atoms with van der Waals surface area (Å²) in [6, 6.07) is 20.4. The summed E-state index contributed by atoms with van der Waals surface area (Å²) < 4.78 is 6.72. The van der Waals surface area contributed by atoms with Crippen LogP contribution in [0.15, 0.2) is 75.8 Å². The molecule has 0 fully saturated rings. The lowest BCUT2D eigenvalue weighted by Crippen LogP contribution is -2.51. The Labute approximate surface area is 277 Å². The first-order chi connectivity index (χ1) is 22.0. The maximum Gasteiger partial charge on any atom is 0.252 e. The van der Waals surface area contributed by atoms with Gasteiger partial charge in [-0.15, -0.1) is 0 Å². The van der Waals surface area contributed by atoms with E-state index < -0.39 is 17.7 Å². The molecule has 2 atom stereocenters. The van der Waals surface area contributed by atoms with Crippen molar-refractivity contribution < 1.29 is 23.9 Å². The number of hydrogen-bond acceptors (Lipinski definition) is 6. The summed E-state index contributed by atoms with van der Waals surface area (Å²) in [6.45, 7) is 8.55. The van der Waals surface area contributed by atoms with Crippen LogP contribution < -0.4 is 20.9 Å². The van der Waals surface area contributed by atoms with Gasteiger partial charge in [0, 0.05) is 47.1 Å². The van der Waals surface area contributed by atoms with Crippen molar-refractivity contribution in [2.45, 2.75) is 71.2 Å². The molecule has 46 heavy (non-hydrogen) atoms. The Morgan fingerprint density at radius 3 is 2.59 bits per heavy atom. The summed E-state index contributed by atoms with van der Waals surface area (Å²) in [4.78, 5) is 41.8. The number of aryl methyl sites for hydroxylation is 1. The molecule has 0 saturated carbocycles. The van der Waals surface area contributed by atoms with Crippen molar-refractivity contribution >= 4 is 50.1 Å². The quantitative estimate of drug-likeness (QED) is 0.160. The molecule has 0 radical (unpaired) electrons. The summed E-state index contributed by atoms with van der Waals surface area (Å²) in [5, 5.41) is 20.4. The molecule has 3 aromatic carbocycles. The number of nitrogens with zero attached hydrogens (tertiary/aromatic N) is 1. The van der Waals surface area contributed by atoms with E-state index in [1.165, 1.54) is 0 Å². The first-order valence-electron chi connectivity index (χ1n) is 15.7. The standard InChI is InChI=1S/C36H41BrN4O5/c1-5-38-34(44)27-12-8-7-11-25(27)32-26-16-14-23(18-28(26)33(37)46-32)21-41-30-13-9-6-10-24(30)15-17-29(35(41)45)40-31(43)19-36(3,4)39-20-22(2)42/h6-14,16,18,22,29,39,42H,5,15,17,19-21H2,1-4H3,(H,38,44)(H,40,43)/t22-,29?/m1/s1. The van der Waals surface area contributed by atoms with Gasteiger partial charge in [-0.2, -0.15) is 0 Å². The smallest absolute Gasteiger partial charge is 0.252 e. The van der Waals surface area contributed by atoms with Crippen molar-refractivity contribution in [3.63, 3.8) is 0 Å². The average molecular weight is 690 g/mol. The van der Waals surface area contributed by atoms with E-state index in [9.17, 15) is 19.5 Å². The Morgan fingerprint density at radius 2 is 1.83 bits per heavy atom. The molecule has 1 unspecified atom stereocenters. The molecule has 0 bridgehead atoms. The van der Waals surface area contributed by atoms with Gasteiger partial charge in [-0.25, -0.2) is 0 Å². The molecule has 0 saturated heterocycles. The van der Waals surface area contributed by atoms with Crippen LogP contribution in [-0.4, -0.2) is 53.6 Å². The van der Waals surface area contributed by atoms with E-state index in [1.807, 2.05) is 81.4 Å². The molecule has 2 heterocycles. The van der Waals surface area contributed by atoms with Gasteiger partial charge in [0.05, 0.1) is 18.2 Å². The van der Waals surface area contributed by atoms with Crippen LogP contribution in [0.25, 0.3) is 22.1 Å². The topological polar surface area (TPSA) is 124 Å². The number of rotatable bonds is 11. The van der Waals surface area contributed by atoms with Crippen molar-refractivity contribution in [2.75, 3.05) is 18.0 Å². The van der Waals surface area contributed by atoms with Gasteiger partial charge in [0.2, 0.25) is 11.8 Å². The predicted octanol–water partition coefficient (Wildman–Crippen LogP) is 5.72. The first-order valence-corrected chi connectivity index (χ1v) is 16.5. The highest BCUT2D eigenvalue weighted by atomic mass is 79.9. The number of para-hydroxylation sites is 1. The highest BCUT2D eigenvalue weighted by molar-refractivity contribution is 9.10. The second kappa shape index (κ2) is 14.2. The third-order valence-corrected chi connectivity index (χ3v) is 8.78. The lowest BCUT2D eigenvalue weighted by atomic mass is 9.99. The molecular weight excluding hydrogens is 648 g/mol. The number of aliphatic hydroxyl groups excluding tert-OH is 1. The number of hydrogen-bond donors (Lipinski definition) is 4. The predicted molar refractivity (Wildman–Crippen MR) is 184 cm³/mol. The van der Waals surface area contributed by atoms with Gasteiger partial charge in [0.1, 0.15) is 11.8 Å². The average Bonchev–Trinajstić information content (AvgIpc) is 3.29. The van der Waals surface area contributed by atoms with Crippen molar-refractivity contribution in [3.8, 4) is 11.3 Å². The number of nitrogens with one attached hydrogen (secondary N) is 3. The van der Waals surface area contributed by atoms with Gasteiger partial charge in [-0.05, 0) is 85.8 Å². The number of fused-ring (bicyclic) bond motifs is 2. The van der Waals surface area contributed by atoms with Crippen LogP contribution in [0.1, 0.15) is 62.0 Å². The molecule has 1 aromatic heterocycles. The van der Waals surface area contributed by atoms with E-state index in [2.05, 4.69) is 31.9 Å². The van der Waals surface area contributed by atoms with E-state index in [0.717, 1.165) is 27.6 Å². The molecule has 4 aromatic rings. The van der Waals surface area contributed by atoms with Crippen molar-refractivity contribution in [2.24, 2.45) is 0 Å². The Hall–Kier alpha value is -3.99. The van der Waals surface area contributed by atoms with E-state index in [-0.39, 0.29) is 24.1 Å². The second-order valence-corrected chi connectivity index (χ2v) is 13.2. The van der Waals surface area contributed by atoms with Crippen LogP contribution in [0.4, 0.5) is 5.69 Å². The van der Waals surface area contributed by atoms with E-state index in [0.29, 0.717) is 54.0 Å². The van der Waals surface area contributed by atoms with E-state index in [1.54, 1.807) is 17.9 Å².